The molecule has 1 aromatic carbocycles. The maximum atomic E-state index is 13.0. The van der Waals surface area contributed by atoms with Crippen molar-refractivity contribution in [1.82, 2.24) is 20.2 Å². The molecule has 0 saturated carbocycles. The average molecular weight is 438 g/mol. The third kappa shape index (κ3) is 4.57. The van der Waals surface area contributed by atoms with Gasteiger partial charge in [-0.3, -0.25) is 9.69 Å². The van der Waals surface area contributed by atoms with Gasteiger partial charge in [0.25, 0.3) is 5.91 Å². The van der Waals surface area contributed by atoms with Gasteiger partial charge in [0.05, 0.1) is 10.3 Å². The van der Waals surface area contributed by atoms with E-state index in [2.05, 4.69) is 64.1 Å². The van der Waals surface area contributed by atoms with Crippen molar-refractivity contribution in [3.63, 3.8) is 0 Å². The second-order valence-electron chi connectivity index (χ2n) is 8.37. The number of carbonyl (C=O) groups is 1. The number of hydrogen-bond acceptors (Lipinski definition) is 6. The highest BCUT2D eigenvalue weighted by molar-refractivity contribution is 7.20. The van der Waals surface area contributed by atoms with Crippen LogP contribution in [0.2, 0.25) is 0 Å². The van der Waals surface area contributed by atoms with Gasteiger partial charge < -0.3 is 10.2 Å². The third-order valence-corrected chi connectivity index (χ3v) is 7.27. The standard InChI is InChI=1S/C24H31N5OS/c1-5-8-28-9-11-29(12-10-28)22-20-18(4)21(31-24(20)27-15-26-22)23(30)25-14-19-13-16(2)6-7-17(19)3/h6-7,13,15H,5,8-12,14H2,1-4H3,(H,25,30). The smallest absolute Gasteiger partial charge is 0.261 e. The number of anilines is 1. The second kappa shape index (κ2) is 9.32. The number of amides is 1. The molecule has 1 aliphatic heterocycles. The molecular weight excluding hydrogens is 406 g/mol. The van der Waals surface area contributed by atoms with Crippen LogP contribution in [0.15, 0.2) is 24.5 Å². The van der Waals surface area contributed by atoms with E-state index in [0.29, 0.717) is 6.54 Å². The van der Waals surface area contributed by atoms with E-state index in [1.165, 1.54) is 28.9 Å². The van der Waals surface area contributed by atoms with E-state index in [9.17, 15) is 4.79 Å². The van der Waals surface area contributed by atoms with E-state index >= 15 is 0 Å². The Bertz CT molecular complexity index is 1090. The highest BCUT2D eigenvalue weighted by Gasteiger charge is 2.24. The Labute approximate surface area is 188 Å². The molecule has 1 saturated heterocycles. The number of nitrogens with zero attached hydrogens (tertiary/aromatic N) is 4. The van der Waals surface area contributed by atoms with Crippen molar-refractivity contribution in [3.05, 3.63) is 51.7 Å². The van der Waals surface area contributed by atoms with Crippen molar-refractivity contribution >= 4 is 33.3 Å². The van der Waals surface area contributed by atoms with Crippen LogP contribution in [0.3, 0.4) is 0 Å². The number of rotatable bonds is 6. The second-order valence-corrected chi connectivity index (χ2v) is 9.37. The first-order valence-corrected chi connectivity index (χ1v) is 11.8. The lowest BCUT2D eigenvalue weighted by Gasteiger charge is -2.35. The number of piperazine rings is 1. The van der Waals surface area contributed by atoms with Gasteiger partial charge >= 0.3 is 0 Å². The third-order valence-electron chi connectivity index (χ3n) is 6.07. The Morgan fingerprint density at radius 1 is 1.13 bits per heavy atom. The van der Waals surface area contributed by atoms with E-state index in [-0.39, 0.29) is 5.91 Å². The van der Waals surface area contributed by atoms with Gasteiger partial charge in [0.1, 0.15) is 17.0 Å². The first-order chi connectivity index (χ1) is 15.0. The molecule has 0 radical (unpaired) electrons. The van der Waals surface area contributed by atoms with Crippen molar-refractivity contribution in [2.75, 3.05) is 37.6 Å². The summed E-state index contributed by atoms with van der Waals surface area (Å²) in [6.07, 6.45) is 2.81. The summed E-state index contributed by atoms with van der Waals surface area (Å²) in [5, 5.41) is 4.13. The summed E-state index contributed by atoms with van der Waals surface area (Å²) in [5.74, 6) is 0.920. The number of carbonyl (C=O) groups excluding carboxylic acids is 1. The number of hydrogen-bond donors (Lipinski definition) is 1. The lowest BCUT2D eigenvalue weighted by atomic mass is 10.1. The predicted octanol–water partition coefficient (Wildman–Crippen LogP) is 4.08. The number of aryl methyl sites for hydroxylation is 3. The molecule has 0 atom stereocenters. The van der Waals surface area contributed by atoms with Crippen LogP contribution in [0.4, 0.5) is 5.82 Å². The summed E-state index contributed by atoms with van der Waals surface area (Å²) in [6, 6.07) is 6.33. The number of nitrogens with one attached hydrogen (secondary N) is 1. The van der Waals surface area contributed by atoms with Crippen molar-refractivity contribution in [3.8, 4) is 0 Å². The Morgan fingerprint density at radius 2 is 1.90 bits per heavy atom. The van der Waals surface area contributed by atoms with Crippen LogP contribution in [0.5, 0.6) is 0 Å². The first-order valence-electron chi connectivity index (χ1n) is 11.0. The van der Waals surface area contributed by atoms with E-state index in [4.69, 9.17) is 0 Å². The summed E-state index contributed by atoms with van der Waals surface area (Å²) < 4.78 is 0. The minimum absolute atomic E-state index is 0.0416. The molecule has 1 fully saturated rings. The fourth-order valence-electron chi connectivity index (χ4n) is 4.26. The van der Waals surface area contributed by atoms with Crippen LogP contribution in [0.25, 0.3) is 10.2 Å². The molecule has 4 rings (SSSR count). The van der Waals surface area contributed by atoms with Gasteiger partial charge in [-0.2, -0.15) is 0 Å². The quantitative estimate of drug-likeness (QED) is 0.630. The van der Waals surface area contributed by atoms with E-state index < -0.39 is 0 Å². The Hall–Kier alpha value is -2.51. The van der Waals surface area contributed by atoms with Crippen LogP contribution in [-0.2, 0) is 6.54 Å². The van der Waals surface area contributed by atoms with Gasteiger partial charge in [0, 0.05) is 32.7 Å². The number of thiophene rings is 1. The molecule has 1 N–H and O–H groups in total. The minimum atomic E-state index is -0.0416. The van der Waals surface area contributed by atoms with Crippen LogP contribution in [0, 0.1) is 20.8 Å². The molecule has 0 spiro atoms. The van der Waals surface area contributed by atoms with Crippen molar-refractivity contribution in [1.29, 1.82) is 0 Å². The molecule has 31 heavy (non-hydrogen) atoms. The number of aromatic nitrogens is 2. The zero-order valence-electron chi connectivity index (χ0n) is 18.9. The van der Waals surface area contributed by atoms with Crippen LogP contribution < -0.4 is 10.2 Å². The molecule has 164 valence electrons. The van der Waals surface area contributed by atoms with Crippen molar-refractivity contribution in [2.45, 2.75) is 40.7 Å². The minimum Gasteiger partial charge on any atom is -0.353 e. The van der Waals surface area contributed by atoms with Crippen molar-refractivity contribution < 1.29 is 4.79 Å². The van der Waals surface area contributed by atoms with Crippen LogP contribution >= 0.6 is 11.3 Å². The monoisotopic (exact) mass is 437 g/mol. The summed E-state index contributed by atoms with van der Waals surface area (Å²) >= 11 is 1.46. The number of benzene rings is 1. The molecule has 0 bridgehead atoms. The highest BCUT2D eigenvalue weighted by atomic mass is 32.1. The SMILES string of the molecule is CCCN1CCN(c2ncnc3sc(C(=O)NCc4cc(C)ccc4C)c(C)c23)CC1. The number of fused-ring (bicyclic) bond motifs is 1. The normalized spacial score (nSPS) is 14.9. The molecule has 1 aliphatic rings. The topological polar surface area (TPSA) is 61.4 Å². The van der Waals surface area contributed by atoms with Gasteiger partial charge in [-0.25, -0.2) is 9.97 Å². The molecule has 3 heterocycles. The van der Waals surface area contributed by atoms with Gasteiger partial charge in [-0.15, -0.1) is 11.3 Å². The molecule has 1 amide bonds. The zero-order chi connectivity index (χ0) is 22.0. The van der Waals surface area contributed by atoms with Gasteiger partial charge in [0.2, 0.25) is 0 Å². The molecule has 0 unspecified atom stereocenters. The summed E-state index contributed by atoms with van der Waals surface area (Å²) in [7, 11) is 0. The molecule has 0 aliphatic carbocycles. The first kappa shape index (κ1) is 21.7. The Balaban J connectivity index is 1.55. The summed E-state index contributed by atoms with van der Waals surface area (Å²) in [6.45, 7) is 14.1. The van der Waals surface area contributed by atoms with Crippen LogP contribution in [0.1, 0.15) is 45.3 Å². The van der Waals surface area contributed by atoms with E-state index in [1.807, 2.05) is 6.92 Å². The zero-order valence-corrected chi connectivity index (χ0v) is 19.7. The molecular formula is C24H31N5OS. The molecule has 6 nitrogen and oxygen atoms in total. The maximum Gasteiger partial charge on any atom is 0.261 e. The molecule has 3 aromatic rings. The van der Waals surface area contributed by atoms with Crippen LogP contribution in [-0.4, -0.2) is 53.5 Å². The lowest BCUT2D eigenvalue weighted by Crippen LogP contribution is -2.46. The van der Waals surface area contributed by atoms with Gasteiger partial charge in [-0.05, 0) is 50.4 Å². The summed E-state index contributed by atoms with van der Waals surface area (Å²) in [5.41, 5.74) is 4.52. The van der Waals surface area contributed by atoms with E-state index in [0.717, 1.165) is 64.8 Å². The van der Waals surface area contributed by atoms with E-state index in [1.54, 1.807) is 6.33 Å². The molecule has 2 aromatic heterocycles. The summed E-state index contributed by atoms with van der Waals surface area (Å²) in [4.78, 5) is 28.6. The van der Waals surface area contributed by atoms with Gasteiger partial charge in [-0.1, -0.05) is 30.7 Å². The largest absolute Gasteiger partial charge is 0.353 e. The fraction of sp³-hybridized carbons (Fsp3) is 0.458. The Morgan fingerprint density at radius 3 is 2.65 bits per heavy atom. The maximum absolute atomic E-state index is 13.0. The predicted molar refractivity (Wildman–Crippen MR) is 128 cm³/mol. The van der Waals surface area contributed by atoms with Gasteiger partial charge in [0.15, 0.2) is 0 Å². The van der Waals surface area contributed by atoms with Crippen molar-refractivity contribution in [2.24, 2.45) is 0 Å². The fourth-order valence-corrected chi connectivity index (χ4v) is 5.32. The lowest BCUT2D eigenvalue weighted by molar-refractivity contribution is 0.0954. The Kier molecular flexibility index (Phi) is 6.53. The molecule has 7 heteroatoms. The highest BCUT2D eigenvalue weighted by Crippen LogP contribution is 2.35. The average Bonchev–Trinajstić information content (AvgIpc) is 3.12.